The summed E-state index contributed by atoms with van der Waals surface area (Å²) < 4.78 is 0. The van der Waals surface area contributed by atoms with Gasteiger partial charge in [0.05, 0.1) is 21.4 Å². The van der Waals surface area contributed by atoms with Gasteiger partial charge in [-0.05, 0) is 36.8 Å². The summed E-state index contributed by atoms with van der Waals surface area (Å²) in [6.07, 6.45) is 3.14. The maximum atomic E-state index is 8.98. The van der Waals surface area contributed by atoms with Gasteiger partial charge in [-0.25, -0.2) is 0 Å². The van der Waals surface area contributed by atoms with Gasteiger partial charge in [-0.1, -0.05) is 23.2 Å². The van der Waals surface area contributed by atoms with Crippen LogP contribution >= 0.6 is 23.2 Å². The van der Waals surface area contributed by atoms with E-state index in [1.807, 2.05) is 0 Å². The van der Waals surface area contributed by atoms with Crippen molar-refractivity contribution in [1.82, 2.24) is 0 Å². The van der Waals surface area contributed by atoms with E-state index in [2.05, 4.69) is 5.32 Å². The molecule has 0 heterocycles. The number of anilines is 2. The number of benzene rings is 1. The molecule has 1 aromatic carbocycles. The van der Waals surface area contributed by atoms with Crippen LogP contribution in [0, 0.1) is 5.41 Å². The molecule has 0 saturated heterocycles. The van der Waals surface area contributed by atoms with Crippen LogP contribution in [0.3, 0.4) is 0 Å². The fourth-order valence-electron chi connectivity index (χ4n) is 1.93. The minimum absolute atomic E-state index is 0.235. The normalized spacial score (nSPS) is 16.9. The number of nitrogen functional groups attached to an aromatic ring is 1. The van der Waals surface area contributed by atoms with Crippen molar-refractivity contribution in [2.45, 2.75) is 19.3 Å². The zero-order chi connectivity index (χ0) is 12.5. The van der Waals surface area contributed by atoms with Crippen molar-refractivity contribution in [3.63, 3.8) is 0 Å². The molecule has 0 unspecified atom stereocenters. The lowest BCUT2D eigenvalue weighted by Crippen LogP contribution is -2.17. The number of aliphatic hydroxyl groups is 1. The molecule has 1 aliphatic rings. The molecule has 1 aliphatic carbocycles. The average Bonchev–Trinajstić information content (AvgIpc) is 3.03. The Morgan fingerprint density at radius 3 is 2.53 bits per heavy atom. The number of nitrogens with one attached hydrogen (secondary N) is 1. The predicted molar refractivity (Wildman–Crippen MR) is 72.7 cm³/mol. The highest BCUT2D eigenvalue weighted by molar-refractivity contribution is 6.42. The van der Waals surface area contributed by atoms with Gasteiger partial charge in [-0.15, -0.1) is 0 Å². The molecule has 0 aromatic heterocycles. The van der Waals surface area contributed by atoms with E-state index >= 15 is 0 Å². The molecular formula is C12H16Cl2N2O. The second kappa shape index (κ2) is 4.92. The van der Waals surface area contributed by atoms with Gasteiger partial charge in [0, 0.05) is 13.2 Å². The molecule has 0 radical (unpaired) electrons. The molecule has 0 spiro atoms. The fraction of sp³-hybridized carbons (Fsp3) is 0.500. The highest BCUT2D eigenvalue weighted by Crippen LogP contribution is 2.48. The van der Waals surface area contributed by atoms with Crippen molar-refractivity contribution in [3.8, 4) is 0 Å². The maximum absolute atomic E-state index is 8.98. The standard InChI is InChI=1S/C12H16Cl2N2O/c13-8-5-10(15)11(6-9(8)14)16-7-12(1-2-12)3-4-17/h5-6,16-17H,1-4,7,15H2. The monoisotopic (exact) mass is 274 g/mol. The second-order valence-corrected chi connectivity index (χ2v) is 5.50. The first kappa shape index (κ1) is 12.8. The maximum Gasteiger partial charge on any atom is 0.0614 e. The summed E-state index contributed by atoms with van der Waals surface area (Å²) >= 11 is 11.8. The summed E-state index contributed by atoms with van der Waals surface area (Å²) in [6.45, 7) is 1.05. The predicted octanol–water partition coefficient (Wildman–Crippen LogP) is 3.15. The zero-order valence-corrected chi connectivity index (χ0v) is 11.0. The Labute approximate surface area is 111 Å². The fourth-order valence-corrected chi connectivity index (χ4v) is 2.26. The van der Waals surface area contributed by atoms with Crippen LogP contribution < -0.4 is 11.1 Å². The second-order valence-electron chi connectivity index (χ2n) is 4.68. The third-order valence-corrected chi connectivity index (χ3v) is 4.07. The quantitative estimate of drug-likeness (QED) is 0.723. The lowest BCUT2D eigenvalue weighted by molar-refractivity contribution is 0.253. The molecule has 5 heteroatoms. The van der Waals surface area contributed by atoms with E-state index in [-0.39, 0.29) is 12.0 Å². The SMILES string of the molecule is Nc1cc(Cl)c(Cl)cc1NCC1(CCO)CC1. The number of nitrogens with two attached hydrogens (primary N) is 1. The Kier molecular flexibility index (Phi) is 3.71. The van der Waals surface area contributed by atoms with Crippen LogP contribution in [0.5, 0.6) is 0 Å². The average molecular weight is 275 g/mol. The first-order valence-corrected chi connectivity index (χ1v) is 6.41. The number of hydrogen-bond donors (Lipinski definition) is 3. The van der Waals surface area contributed by atoms with Crippen LogP contribution in [0.25, 0.3) is 0 Å². The van der Waals surface area contributed by atoms with Crippen molar-refractivity contribution >= 4 is 34.6 Å². The molecule has 17 heavy (non-hydrogen) atoms. The number of aliphatic hydroxyl groups excluding tert-OH is 1. The van der Waals surface area contributed by atoms with Gasteiger partial charge in [0.15, 0.2) is 0 Å². The van der Waals surface area contributed by atoms with Gasteiger partial charge in [0.25, 0.3) is 0 Å². The van der Waals surface area contributed by atoms with E-state index in [4.69, 9.17) is 34.0 Å². The summed E-state index contributed by atoms with van der Waals surface area (Å²) in [5.41, 5.74) is 7.51. The Hall–Kier alpha value is -0.640. The molecule has 1 aromatic rings. The zero-order valence-electron chi connectivity index (χ0n) is 9.47. The third kappa shape index (κ3) is 2.97. The van der Waals surface area contributed by atoms with Crippen LogP contribution in [0.15, 0.2) is 12.1 Å². The van der Waals surface area contributed by atoms with Gasteiger partial charge in [-0.3, -0.25) is 0 Å². The van der Waals surface area contributed by atoms with Gasteiger partial charge < -0.3 is 16.2 Å². The molecular weight excluding hydrogens is 259 g/mol. The summed E-state index contributed by atoms with van der Waals surface area (Å²) in [7, 11) is 0. The summed E-state index contributed by atoms with van der Waals surface area (Å²) in [6, 6.07) is 3.39. The Morgan fingerprint density at radius 1 is 1.29 bits per heavy atom. The minimum atomic E-state index is 0.235. The summed E-state index contributed by atoms with van der Waals surface area (Å²) in [4.78, 5) is 0. The smallest absolute Gasteiger partial charge is 0.0614 e. The highest BCUT2D eigenvalue weighted by atomic mass is 35.5. The molecule has 0 atom stereocenters. The molecule has 2 rings (SSSR count). The van der Waals surface area contributed by atoms with Gasteiger partial charge in [0.2, 0.25) is 0 Å². The van der Waals surface area contributed by atoms with E-state index in [1.54, 1.807) is 12.1 Å². The van der Waals surface area contributed by atoms with E-state index < -0.39 is 0 Å². The summed E-state index contributed by atoms with van der Waals surface area (Å²) in [5, 5.41) is 13.2. The van der Waals surface area contributed by atoms with Gasteiger partial charge in [-0.2, -0.15) is 0 Å². The third-order valence-electron chi connectivity index (χ3n) is 3.35. The van der Waals surface area contributed by atoms with E-state index in [1.165, 1.54) is 0 Å². The number of halogens is 2. The van der Waals surface area contributed by atoms with Crippen LogP contribution in [-0.2, 0) is 0 Å². The van der Waals surface area contributed by atoms with Crippen LogP contribution in [0.4, 0.5) is 11.4 Å². The Morgan fingerprint density at radius 2 is 1.94 bits per heavy atom. The van der Waals surface area contributed by atoms with E-state index in [0.29, 0.717) is 15.7 Å². The molecule has 94 valence electrons. The van der Waals surface area contributed by atoms with Gasteiger partial charge in [0.1, 0.15) is 0 Å². The van der Waals surface area contributed by atoms with E-state index in [9.17, 15) is 0 Å². The number of hydrogen-bond acceptors (Lipinski definition) is 3. The van der Waals surface area contributed by atoms with E-state index in [0.717, 1.165) is 31.5 Å². The van der Waals surface area contributed by atoms with Crippen LogP contribution in [-0.4, -0.2) is 18.3 Å². The van der Waals surface area contributed by atoms with Crippen molar-refractivity contribution in [1.29, 1.82) is 0 Å². The van der Waals surface area contributed by atoms with Crippen molar-refractivity contribution in [2.75, 3.05) is 24.2 Å². The molecule has 1 saturated carbocycles. The molecule has 0 amide bonds. The van der Waals surface area contributed by atoms with Gasteiger partial charge >= 0.3 is 0 Å². The largest absolute Gasteiger partial charge is 0.397 e. The Balaban J connectivity index is 2.02. The van der Waals surface area contributed by atoms with Crippen LogP contribution in [0.1, 0.15) is 19.3 Å². The Bertz CT molecular complexity index is 419. The minimum Gasteiger partial charge on any atom is -0.397 e. The van der Waals surface area contributed by atoms with Crippen LogP contribution in [0.2, 0.25) is 10.0 Å². The van der Waals surface area contributed by atoms with Crippen molar-refractivity contribution in [3.05, 3.63) is 22.2 Å². The molecule has 4 N–H and O–H groups in total. The summed E-state index contributed by atoms with van der Waals surface area (Å²) in [5.74, 6) is 0. The van der Waals surface area contributed by atoms with Crippen molar-refractivity contribution in [2.24, 2.45) is 5.41 Å². The topological polar surface area (TPSA) is 58.3 Å². The lowest BCUT2D eigenvalue weighted by atomic mass is 10.0. The molecule has 3 nitrogen and oxygen atoms in total. The highest BCUT2D eigenvalue weighted by Gasteiger charge is 2.41. The van der Waals surface area contributed by atoms with Crippen molar-refractivity contribution < 1.29 is 5.11 Å². The number of rotatable bonds is 5. The molecule has 0 bridgehead atoms. The lowest BCUT2D eigenvalue weighted by Gasteiger charge is -2.17. The molecule has 0 aliphatic heterocycles. The first-order valence-electron chi connectivity index (χ1n) is 5.66. The first-order chi connectivity index (χ1) is 8.06. The molecule has 1 fully saturated rings.